The summed E-state index contributed by atoms with van der Waals surface area (Å²) in [4.78, 5) is 23.3. The molecule has 9 nitrogen and oxygen atoms in total. The second-order valence-corrected chi connectivity index (χ2v) is 10.6. The monoisotopic (exact) mass is 579 g/mol. The number of halogens is 4. The average molecular weight is 580 g/mol. The van der Waals surface area contributed by atoms with E-state index in [1.165, 1.54) is 23.5 Å². The standard InChI is InChI=1S/C22H28ClN3O4S.C2HF3O2/c1-17-3-5-18(6-4-17)16-26(12-9-22(27)25-13-10-24-11-14-25)31(28,29)21-15-19(23)7-8-20(21)30-2;3-2(4,5)1(6)7/h3-8,15,24H,9-14,16H2,1-2H3;(H,6,7). The Bertz CT molecular complexity index is 1200. The van der Waals surface area contributed by atoms with Crippen molar-refractivity contribution in [2.75, 3.05) is 39.8 Å². The van der Waals surface area contributed by atoms with Gasteiger partial charge in [0.15, 0.2) is 0 Å². The summed E-state index contributed by atoms with van der Waals surface area (Å²) in [5.74, 6) is -2.59. The van der Waals surface area contributed by atoms with Crippen molar-refractivity contribution in [1.82, 2.24) is 14.5 Å². The Labute approximate surface area is 224 Å². The second kappa shape index (κ2) is 13.8. The third-order valence-corrected chi connectivity index (χ3v) is 7.61. The number of hydrogen-bond acceptors (Lipinski definition) is 6. The maximum Gasteiger partial charge on any atom is 0.490 e. The van der Waals surface area contributed by atoms with E-state index < -0.39 is 22.2 Å². The van der Waals surface area contributed by atoms with Crippen LogP contribution in [0, 0.1) is 6.92 Å². The fraction of sp³-hybridized carbons (Fsp3) is 0.417. The Hall–Kier alpha value is -2.87. The number of aryl methyl sites for hydroxylation is 1. The molecule has 0 unspecified atom stereocenters. The lowest BCUT2D eigenvalue weighted by molar-refractivity contribution is -0.192. The molecule has 0 spiro atoms. The van der Waals surface area contributed by atoms with Gasteiger partial charge in [-0.15, -0.1) is 0 Å². The molecule has 1 amide bonds. The normalized spacial score (nSPS) is 14.0. The number of sulfonamides is 1. The summed E-state index contributed by atoms with van der Waals surface area (Å²) in [6.07, 6.45) is -4.98. The number of carbonyl (C=O) groups excluding carboxylic acids is 1. The number of carboxylic acids is 1. The number of carbonyl (C=O) groups is 2. The molecule has 2 aromatic rings. The highest BCUT2D eigenvalue weighted by Gasteiger charge is 2.38. The predicted octanol–water partition coefficient (Wildman–Crippen LogP) is 3.30. The Morgan fingerprint density at radius 1 is 1.13 bits per heavy atom. The van der Waals surface area contributed by atoms with Gasteiger partial charge in [-0.25, -0.2) is 13.2 Å². The van der Waals surface area contributed by atoms with Gasteiger partial charge in [0.2, 0.25) is 15.9 Å². The third-order valence-electron chi connectivity index (χ3n) is 5.51. The quantitative estimate of drug-likeness (QED) is 0.493. The fourth-order valence-electron chi connectivity index (χ4n) is 3.47. The number of nitrogens with zero attached hydrogens (tertiary/aromatic N) is 2. The van der Waals surface area contributed by atoms with Crippen LogP contribution in [0.5, 0.6) is 5.75 Å². The lowest BCUT2D eigenvalue weighted by Gasteiger charge is -2.29. The first-order valence-electron chi connectivity index (χ1n) is 11.4. The lowest BCUT2D eigenvalue weighted by atomic mass is 10.1. The van der Waals surface area contributed by atoms with Crippen molar-refractivity contribution in [2.45, 2.75) is 31.0 Å². The van der Waals surface area contributed by atoms with Crippen molar-refractivity contribution < 1.29 is 41.0 Å². The van der Waals surface area contributed by atoms with E-state index in [2.05, 4.69) is 5.32 Å². The number of amides is 1. The number of carboxylic acid groups (broad SMARTS) is 1. The van der Waals surface area contributed by atoms with Gasteiger partial charge in [-0.05, 0) is 30.7 Å². The van der Waals surface area contributed by atoms with E-state index in [0.717, 1.165) is 24.2 Å². The van der Waals surface area contributed by atoms with Crippen molar-refractivity contribution in [3.63, 3.8) is 0 Å². The van der Waals surface area contributed by atoms with Crippen molar-refractivity contribution in [3.05, 3.63) is 58.6 Å². The summed E-state index contributed by atoms with van der Waals surface area (Å²) in [6, 6.07) is 12.2. The van der Waals surface area contributed by atoms with E-state index >= 15 is 0 Å². The minimum absolute atomic E-state index is 0.00997. The maximum atomic E-state index is 13.6. The highest BCUT2D eigenvalue weighted by Crippen LogP contribution is 2.30. The van der Waals surface area contributed by atoms with Gasteiger partial charge in [0.1, 0.15) is 10.6 Å². The second-order valence-electron chi connectivity index (χ2n) is 8.30. The van der Waals surface area contributed by atoms with Crippen LogP contribution in [0.25, 0.3) is 0 Å². The first kappa shape index (κ1) is 31.3. The SMILES string of the molecule is COc1ccc(Cl)cc1S(=O)(=O)N(CCC(=O)N1CCNCC1)Cc1ccc(C)cc1.O=C(O)C(F)(F)F. The molecule has 1 aliphatic heterocycles. The number of piperazine rings is 1. The van der Waals surface area contributed by atoms with Crippen LogP contribution in [-0.4, -0.2) is 80.6 Å². The van der Waals surface area contributed by atoms with Crippen LogP contribution in [-0.2, 0) is 26.2 Å². The Morgan fingerprint density at radius 2 is 1.71 bits per heavy atom. The molecule has 14 heteroatoms. The summed E-state index contributed by atoms with van der Waals surface area (Å²) < 4.78 is 65.5. The van der Waals surface area contributed by atoms with Crippen molar-refractivity contribution in [3.8, 4) is 5.75 Å². The minimum atomic E-state index is -5.08. The number of methoxy groups -OCH3 is 1. The zero-order chi connectivity index (χ0) is 28.5. The third kappa shape index (κ3) is 9.15. The van der Waals surface area contributed by atoms with Gasteiger partial charge in [-0.1, -0.05) is 41.4 Å². The predicted molar refractivity (Wildman–Crippen MR) is 135 cm³/mol. The Balaban J connectivity index is 0.000000638. The minimum Gasteiger partial charge on any atom is -0.495 e. The first-order valence-corrected chi connectivity index (χ1v) is 13.3. The molecule has 0 aromatic heterocycles. The highest BCUT2D eigenvalue weighted by molar-refractivity contribution is 7.89. The summed E-state index contributed by atoms with van der Waals surface area (Å²) in [5, 5.41) is 10.6. The highest BCUT2D eigenvalue weighted by atomic mass is 35.5. The molecule has 0 saturated carbocycles. The summed E-state index contributed by atoms with van der Waals surface area (Å²) >= 11 is 6.09. The molecule has 0 bridgehead atoms. The number of nitrogens with one attached hydrogen (secondary N) is 1. The molecule has 1 heterocycles. The molecule has 1 aliphatic rings. The summed E-state index contributed by atoms with van der Waals surface area (Å²) in [5.41, 5.74) is 1.92. The number of benzene rings is 2. The molecule has 2 aromatic carbocycles. The van der Waals surface area contributed by atoms with Crippen LogP contribution in [0.3, 0.4) is 0 Å². The van der Waals surface area contributed by atoms with E-state index in [4.69, 9.17) is 26.2 Å². The van der Waals surface area contributed by atoms with Crippen molar-refractivity contribution >= 4 is 33.5 Å². The number of ether oxygens (including phenoxy) is 1. The molecule has 0 radical (unpaired) electrons. The van der Waals surface area contributed by atoms with Crippen molar-refractivity contribution in [1.29, 1.82) is 0 Å². The van der Waals surface area contributed by atoms with Gasteiger partial charge in [0, 0.05) is 50.7 Å². The Morgan fingerprint density at radius 3 is 2.24 bits per heavy atom. The molecule has 3 rings (SSSR count). The molecular weight excluding hydrogens is 551 g/mol. The zero-order valence-corrected chi connectivity index (χ0v) is 22.4. The van der Waals surface area contributed by atoms with Gasteiger partial charge in [-0.2, -0.15) is 17.5 Å². The van der Waals surface area contributed by atoms with E-state index in [9.17, 15) is 26.4 Å². The van der Waals surface area contributed by atoms with E-state index in [-0.39, 0.29) is 36.1 Å². The molecule has 2 N–H and O–H groups in total. The van der Waals surface area contributed by atoms with Gasteiger partial charge in [-0.3, -0.25) is 4.79 Å². The first-order chi connectivity index (χ1) is 17.8. The van der Waals surface area contributed by atoms with Crippen LogP contribution in [0.15, 0.2) is 47.4 Å². The Kier molecular flexibility index (Phi) is 11.4. The molecule has 0 atom stereocenters. The van der Waals surface area contributed by atoms with Crippen LogP contribution in [0.1, 0.15) is 17.5 Å². The molecule has 1 fully saturated rings. The maximum absolute atomic E-state index is 13.6. The number of hydrogen-bond donors (Lipinski definition) is 2. The van der Waals surface area contributed by atoms with Gasteiger partial charge in [0.25, 0.3) is 0 Å². The van der Waals surface area contributed by atoms with Crippen LogP contribution >= 0.6 is 11.6 Å². The van der Waals surface area contributed by atoms with Gasteiger partial charge in [0.05, 0.1) is 7.11 Å². The average Bonchev–Trinajstić information content (AvgIpc) is 2.87. The zero-order valence-electron chi connectivity index (χ0n) is 20.8. The topological polar surface area (TPSA) is 116 Å². The van der Waals surface area contributed by atoms with E-state index in [1.54, 1.807) is 11.0 Å². The van der Waals surface area contributed by atoms with Crippen molar-refractivity contribution in [2.24, 2.45) is 0 Å². The smallest absolute Gasteiger partial charge is 0.490 e. The molecule has 38 heavy (non-hydrogen) atoms. The van der Waals surface area contributed by atoms with Gasteiger partial charge >= 0.3 is 12.1 Å². The lowest BCUT2D eigenvalue weighted by Crippen LogP contribution is -2.47. The number of aliphatic carboxylic acids is 1. The van der Waals surface area contributed by atoms with Crippen LogP contribution < -0.4 is 10.1 Å². The summed E-state index contributed by atoms with van der Waals surface area (Å²) in [6.45, 7) is 4.94. The number of rotatable bonds is 8. The van der Waals surface area contributed by atoms with Crippen LogP contribution in [0.2, 0.25) is 5.02 Å². The molecular formula is C24H29ClF3N3O6S. The molecule has 1 saturated heterocycles. The summed E-state index contributed by atoms with van der Waals surface area (Å²) in [7, 11) is -2.54. The number of alkyl halides is 3. The van der Waals surface area contributed by atoms with E-state index in [1.807, 2.05) is 31.2 Å². The van der Waals surface area contributed by atoms with Gasteiger partial charge < -0.3 is 20.1 Å². The fourth-order valence-corrected chi connectivity index (χ4v) is 5.31. The van der Waals surface area contributed by atoms with E-state index in [0.29, 0.717) is 18.1 Å². The molecule has 210 valence electrons. The molecule has 0 aliphatic carbocycles. The largest absolute Gasteiger partial charge is 0.495 e. The van der Waals surface area contributed by atoms with Crippen LogP contribution in [0.4, 0.5) is 13.2 Å².